The normalized spacial score (nSPS) is 10.2. The molecule has 0 fully saturated rings. The van der Waals surface area contributed by atoms with Crippen LogP contribution in [0.1, 0.15) is 18.2 Å². The topological polar surface area (TPSA) is 48.1 Å². The zero-order valence-corrected chi connectivity index (χ0v) is 9.89. The van der Waals surface area contributed by atoms with E-state index in [0.717, 1.165) is 17.9 Å². The van der Waals surface area contributed by atoms with Crippen LogP contribution in [0.15, 0.2) is 42.6 Å². The molecule has 0 aliphatic carbocycles. The van der Waals surface area contributed by atoms with Crippen molar-refractivity contribution in [2.24, 2.45) is 0 Å². The van der Waals surface area contributed by atoms with Gasteiger partial charge in [0.15, 0.2) is 0 Å². The Labute approximate surface area is 101 Å². The van der Waals surface area contributed by atoms with E-state index in [1.165, 1.54) is 5.56 Å². The van der Waals surface area contributed by atoms with Gasteiger partial charge in [-0.25, -0.2) is 0 Å². The van der Waals surface area contributed by atoms with Crippen LogP contribution in [0.3, 0.4) is 0 Å². The SMILES string of the molecule is CCc1ccc(OCc2cc(N)ccn2)cc1. The molecule has 0 saturated carbocycles. The van der Waals surface area contributed by atoms with Gasteiger partial charge >= 0.3 is 0 Å². The summed E-state index contributed by atoms with van der Waals surface area (Å²) >= 11 is 0. The third-order valence-electron chi connectivity index (χ3n) is 2.56. The van der Waals surface area contributed by atoms with Gasteiger partial charge < -0.3 is 10.5 Å². The summed E-state index contributed by atoms with van der Waals surface area (Å²) in [6.07, 6.45) is 2.73. The average molecular weight is 228 g/mol. The van der Waals surface area contributed by atoms with E-state index in [-0.39, 0.29) is 0 Å². The van der Waals surface area contributed by atoms with Gasteiger partial charge in [-0.2, -0.15) is 0 Å². The minimum Gasteiger partial charge on any atom is -0.487 e. The van der Waals surface area contributed by atoms with E-state index >= 15 is 0 Å². The first-order valence-electron chi connectivity index (χ1n) is 5.70. The third-order valence-corrected chi connectivity index (χ3v) is 2.56. The van der Waals surface area contributed by atoms with Gasteiger partial charge in [0.1, 0.15) is 12.4 Å². The standard InChI is InChI=1S/C14H16N2O/c1-2-11-3-5-14(6-4-11)17-10-13-9-12(15)7-8-16-13/h3-9H,2,10H2,1H3,(H2,15,16). The van der Waals surface area contributed by atoms with Gasteiger partial charge in [-0.05, 0) is 36.2 Å². The van der Waals surface area contributed by atoms with E-state index in [1.807, 2.05) is 18.2 Å². The number of aromatic nitrogens is 1. The molecule has 17 heavy (non-hydrogen) atoms. The molecular formula is C14H16N2O. The lowest BCUT2D eigenvalue weighted by Gasteiger charge is -2.06. The second kappa shape index (κ2) is 5.34. The largest absolute Gasteiger partial charge is 0.487 e. The maximum Gasteiger partial charge on any atom is 0.130 e. The Bertz CT molecular complexity index is 480. The molecule has 0 saturated heterocycles. The van der Waals surface area contributed by atoms with Crippen LogP contribution in [-0.4, -0.2) is 4.98 Å². The van der Waals surface area contributed by atoms with Gasteiger partial charge in [-0.3, -0.25) is 4.98 Å². The highest BCUT2D eigenvalue weighted by molar-refractivity contribution is 5.37. The van der Waals surface area contributed by atoms with E-state index in [4.69, 9.17) is 10.5 Å². The molecule has 2 aromatic rings. The number of nitrogens with two attached hydrogens (primary N) is 1. The zero-order chi connectivity index (χ0) is 12.1. The number of pyridine rings is 1. The van der Waals surface area contributed by atoms with Gasteiger partial charge in [-0.1, -0.05) is 19.1 Å². The van der Waals surface area contributed by atoms with Gasteiger partial charge in [0.2, 0.25) is 0 Å². The Kier molecular flexibility index (Phi) is 3.60. The first-order valence-corrected chi connectivity index (χ1v) is 5.70. The fourth-order valence-corrected chi connectivity index (χ4v) is 1.55. The fraction of sp³-hybridized carbons (Fsp3) is 0.214. The van der Waals surface area contributed by atoms with Crippen molar-refractivity contribution in [1.29, 1.82) is 0 Å². The molecule has 0 aliphatic rings. The van der Waals surface area contributed by atoms with Crippen LogP contribution in [0.25, 0.3) is 0 Å². The molecule has 2 rings (SSSR count). The third kappa shape index (κ3) is 3.21. The molecule has 0 amide bonds. The number of ether oxygens (including phenoxy) is 1. The van der Waals surface area contributed by atoms with Crippen LogP contribution < -0.4 is 10.5 Å². The summed E-state index contributed by atoms with van der Waals surface area (Å²) < 4.78 is 5.63. The van der Waals surface area contributed by atoms with Gasteiger partial charge in [0.05, 0.1) is 5.69 Å². The molecule has 88 valence electrons. The number of benzene rings is 1. The van der Waals surface area contributed by atoms with Crippen molar-refractivity contribution in [2.75, 3.05) is 5.73 Å². The van der Waals surface area contributed by atoms with Crippen molar-refractivity contribution in [3.05, 3.63) is 53.9 Å². The van der Waals surface area contributed by atoms with E-state index in [0.29, 0.717) is 12.3 Å². The van der Waals surface area contributed by atoms with E-state index < -0.39 is 0 Å². The summed E-state index contributed by atoms with van der Waals surface area (Å²) in [6, 6.07) is 11.7. The lowest BCUT2D eigenvalue weighted by Crippen LogP contribution is -1.99. The van der Waals surface area contributed by atoms with Crippen molar-refractivity contribution in [3.63, 3.8) is 0 Å². The highest BCUT2D eigenvalue weighted by Crippen LogP contribution is 2.14. The maximum absolute atomic E-state index is 5.67. The van der Waals surface area contributed by atoms with E-state index in [2.05, 4.69) is 24.0 Å². The van der Waals surface area contributed by atoms with E-state index in [9.17, 15) is 0 Å². The fourth-order valence-electron chi connectivity index (χ4n) is 1.55. The Morgan fingerprint density at radius 3 is 2.59 bits per heavy atom. The number of aryl methyl sites for hydroxylation is 1. The second-order valence-corrected chi connectivity index (χ2v) is 3.87. The number of hydrogen-bond acceptors (Lipinski definition) is 3. The second-order valence-electron chi connectivity index (χ2n) is 3.87. The van der Waals surface area contributed by atoms with Crippen molar-refractivity contribution in [3.8, 4) is 5.75 Å². The number of nitrogen functional groups attached to an aromatic ring is 1. The molecule has 3 nitrogen and oxygen atoms in total. The van der Waals surface area contributed by atoms with Crippen LogP contribution in [0, 0.1) is 0 Å². The van der Waals surface area contributed by atoms with Gasteiger partial charge in [0.25, 0.3) is 0 Å². The minimum atomic E-state index is 0.441. The molecular weight excluding hydrogens is 212 g/mol. The number of hydrogen-bond donors (Lipinski definition) is 1. The van der Waals surface area contributed by atoms with Crippen molar-refractivity contribution in [2.45, 2.75) is 20.0 Å². The summed E-state index contributed by atoms with van der Waals surface area (Å²) in [7, 11) is 0. The first kappa shape index (κ1) is 11.5. The lowest BCUT2D eigenvalue weighted by molar-refractivity contribution is 0.301. The van der Waals surface area contributed by atoms with Crippen LogP contribution >= 0.6 is 0 Å². The molecule has 1 heterocycles. The molecule has 1 aromatic carbocycles. The molecule has 0 bridgehead atoms. The zero-order valence-electron chi connectivity index (χ0n) is 9.89. The molecule has 0 radical (unpaired) electrons. The molecule has 1 aromatic heterocycles. The Hall–Kier alpha value is -2.03. The minimum absolute atomic E-state index is 0.441. The smallest absolute Gasteiger partial charge is 0.130 e. The summed E-state index contributed by atoms with van der Waals surface area (Å²) in [5.74, 6) is 0.853. The Morgan fingerprint density at radius 2 is 1.94 bits per heavy atom. The molecule has 2 N–H and O–H groups in total. The molecule has 0 atom stereocenters. The van der Waals surface area contributed by atoms with Crippen molar-refractivity contribution >= 4 is 5.69 Å². The van der Waals surface area contributed by atoms with E-state index in [1.54, 1.807) is 12.3 Å². The predicted molar refractivity (Wildman–Crippen MR) is 68.8 cm³/mol. The van der Waals surface area contributed by atoms with Gasteiger partial charge in [-0.15, -0.1) is 0 Å². The molecule has 0 spiro atoms. The Balaban J connectivity index is 1.97. The number of rotatable bonds is 4. The number of anilines is 1. The summed E-state index contributed by atoms with van der Waals surface area (Å²) in [5.41, 5.74) is 8.52. The molecule has 0 unspecified atom stereocenters. The maximum atomic E-state index is 5.67. The Morgan fingerprint density at radius 1 is 1.18 bits per heavy atom. The first-order chi connectivity index (χ1) is 8.28. The van der Waals surface area contributed by atoms with Crippen molar-refractivity contribution < 1.29 is 4.74 Å². The van der Waals surface area contributed by atoms with Crippen LogP contribution in [0.4, 0.5) is 5.69 Å². The summed E-state index contributed by atoms with van der Waals surface area (Å²) in [4.78, 5) is 4.18. The molecule has 0 aliphatic heterocycles. The number of nitrogens with zero attached hydrogens (tertiary/aromatic N) is 1. The monoisotopic (exact) mass is 228 g/mol. The van der Waals surface area contributed by atoms with Gasteiger partial charge in [0, 0.05) is 11.9 Å². The van der Waals surface area contributed by atoms with Crippen LogP contribution in [0.5, 0.6) is 5.75 Å². The average Bonchev–Trinajstić information content (AvgIpc) is 2.37. The predicted octanol–water partition coefficient (Wildman–Crippen LogP) is 2.81. The summed E-state index contributed by atoms with van der Waals surface area (Å²) in [6.45, 7) is 2.57. The quantitative estimate of drug-likeness (QED) is 0.875. The highest BCUT2D eigenvalue weighted by Gasteiger charge is 1.98. The van der Waals surface area contributed by atoms with Crippen molar-refractivity contribution in [1.82, 2.24) is 4.98 Å². The molecule has 3 heteroatoms. The van der Waals surface area contributed by atoms with Crippen LogP contribution in [-0.2, 0) is 13.0 Å². The summed E-state index contributed by atoms with van der Waals surface area (Å²) in [5, 5.41) is 0. The van der Waals surface area contributed by atoms with Crippen LogP contribution in [0.2, 0.25) is 0 Å². The lowest BCUT2D eigenvalue weighted by atomic mass is 10.2. The highest BCUT2D eigenvalue weighted by atomic mass is 16.5.